The Balaban J connectivity index is 2.11. The van der Waals surface area contributed by atoms with Gasteiger partial charge in [0.1, 0.15) is 10.7 Å². The molecule has 0 radical (unpaired) electrons. The Kier molecular flexibility index (Phi) is 4.69. The van der Waals surface area contributed by atoms with Gasteiger partial charge in [-0.2, -0.15) is 0 Å². The standard InChI is InChI=1S/C13H18ClFN2O2S/c1-13(5-2-6-16-8-13)9-17-20(18,19)12-4-3-10(15)7-11(12)14/h3-4,7,16-17H,2,5-6,8-9H2,1H3. The average molecular weight is 321 g/mol. The molecule has 1 aliphatic heterocycles. The molecule has 1 aromatic carbocycles. The number of halogens is 2. The molecular formula is C13H18ClFN2O2S. The second-order valence-corrected chi connectivity index (χ2v) is 7.63. The lowest BCUT2D eigenvalue weighted by Crippen LogP contribution is -2.45. The second kappa shape index (κ2) is 5.97. The normalized spacial score (nSPS) is 23.8. The molecule has 1 fully saturated rings. The van der Waals surface area contributed by atoms with Gasteiger partial charge in [0.2, 0.25) is 10.0 Å². The number of sulfonamides is 1. The number of hydrogen-bond acceptors (Lipinski definition) is 3. The van der Waals surface area contributed by atoms with Crippen LogP contribution in [0.2, 0.25) is 5.02 Å². The number of piperidine rings is 1. The molecule has 1 aliphatic rings. The van der Waals surface area contributed by atoms with Crippen molar-refractivity contribution in [3.8, 4) is 0 Å². The summed E-state index contributed by atoms with van der Waals surface area (Å²) in [5.74, 6) is -0.558. The molecular weight excluding hydrogens is 303 g/mol. The monoisotopic (exact) mass is 320 g/mol. The quantitative estimate of drug-likeness (QED) is 0.893. The molecule has 20 heavy (non-hydrogen) atoms. The first-order chi connectivity index (χ1) is 9.32. The highest BCUT2D eigenvalue weighted by Crippen LogP contribution is 2.26. The minimum atomic E-state index is -3.72. The van der Waals surface area contributed by atoms with Crippen LogP contribution in [0.25, 0.3) is 0 Å². The van der Waals surface area contributed by atoms with E-state index in [1.165, 1.54) is 6.07 Å². The fourth-order valence-corrected chi connectivity index (χ4v) is 4.04. The lowest BCUT2D eigenvalue weighted by molar-refractivity contribution is 0.238. The summed E-state index contributed by atoms with van der Waals surface area (Å²) < 4.78 is 40.0. The van der Waals surface area contributed by atoms with Gasteiger partial charge in [-0.25, -0.2) is 17.5 Å². The summed E-state index contributed by atoms with van der Waals surface area (Å²) in [4.78, 5) is -0.0899. The summed E-state index contributed by atoms with van der Waals surface area (Å²) in [6.45, 7) is 4.10. The van der Waals surface area contributed by atoms with Crippen molar-refractivity contribution in [2.24, 2.45) is 5.41 Å². The van der Waals surface area contributed by atoms with Gasteiger partial charge in [-0.15, -0.1) is 0 Å². The SMILES string of the molecule is CC1(CNS(=O)(=O)c2ccc(F)cc2Cl)CCCNC1. The molecule has 4 nitrogen and oxygen atoms in total. The van der Waals surface area contributed by atoms with Gasteiger partial charge in [-0.3, -0.25) is 0 Å². The van der Waals surface area contributed by atoms with Crippen LogP contribution in [0, 0.1) is 11.2 Å². The van der Waals surface area contributed by atoms with E-state index in [0.717, 1.165) is 38.1 Å². The van der Waals surface area contributed by atoms with E-state index in [1.54, 1.807) is 0 Å². The van der Waals surface area contributed by atoms with Crippen molar-refractivity contribution in [1.29, 1.82) is 0 Å². The summed E-state index contributed by atoms with van der Waals surface area (Å²) in [7, 11) is -3.72. The van der Waals surface area contributed by atoms with Gasteiger partial charge in [-0.1, -0.05) is 18.5 Å². The summed E-state index contributed by atoms with van der Waals surface area (Å²) in [5, 5.41) is 3.15. The predicted molar refractivity (Wildman–Crippen MR) is 76.8 cm³/mol. The van der Waals surface area contributed by atoms with Crippen LogP contribution in [0.5, 0.6) is 0 Å². The van der Waals surface area contributed by atoms with Gasteiger partial charge in [-0.05, 0) is 43.0 Å². The molecule has 2 rings (SSSR count). The highest BCUT2D eigenvalue weighted by molar-refractivity contribution is 7.89. The van der Waals surface area contributed by atoms with E-state index in [2.05, 4.69) is 10.0 Å². The summed E-state index contributed by atoms with van der Waals surface area (Å²) in [6.07, 6.45) is 1.98. The first-order valence-corrected chi connectivity index (χ1v) is 8.34. The average Bonchev–Trinajstić information content (AvgIpc) is 2.37. The Labute approximate surface area is 123 Å². The van der Waals surface area contributed by atoms with E-state index in [4.69, 9.17) is 11.6 Å². The fourth-order valence-electron chi connectivity index (χ4n) is 2.31. The van der Waals surface area contributed by atoms with Crippen LogP contribution >= 0.6 is 11.6 Å². The summed E-state index contributed by atoms with van der Waals surface area (Å²) in [6, 6.07) is 3.27. The Hall–Kier alpha value is -0.690. The maximum atomic E-state index is 13.0. The number of hydrogen-bond donors (Lipinski definition) is 2. The van der Waals surface area contributed by atoms with Crippen LogP contribution in [-0.4, -0.2) is 28.1 Å². The molecule has 2 N–H and O–H groups in total. The van der Waals surface area contributed by atoms with Gasteiger partial charge >= 0.3 is 0 Å². The molecule has 0 aliphatic carbocycles. The maximum Gasteiger partial charge on any atom is 0.242 e. The van der Waals surface area contributed by atoms with E-state index < -0.39 is 15.8 Å². The topological polar surface area (TPSA) is 58.2 Å². The van der Waals surface area contributed by atoms with Gasteiger partial charge in [0.15, 0.2) is 0 Å². The van der Waals surface area contributed by atoms with Gasteiger partial charge in [0.25, 0.3) is 0 Å². The predicted octanol–water partition coefficient (Wildman–Crippen LogP) is 2.15. The van der Waals surface area contributed by atoms with Crippen LogP contribution < -0.4 is 10.0 Å². The fraction of sp³-hybridized carbons (Fsp3) is 0.538. The molecule has 1 unspecified atom stereocenters. The first-order valence-electron chi connectivity index (χ1n) is 6.48. The maximum absolute atomic E-state index is 13.0. The third-order valence-corrected chi connectivity index (χ3v) is 5.44. The van der Waals surface area contributed by atoms with E-state index in [1.807, 2.05) is 6.92 Å². The van der Waals surface area contributed by atoms with Crippen LogP contribution in [-0.2, 0) is 10.0 Å². The van der Waals surface area contributed by atoms with Crippen LogP contribution in [0.3, 0.4) is 0 Å². The van der Waals surface area contributed by atoms with Crippen molar-refractivity contribution in [3.05, 3.63) is 29.0 Å². The van der Waals surface area contributed by atoms with Crippen molar-refractivity contribution in [1.82, 2.24) is 10.0 Å². The molecule has 0 aromatic heterocycles. The van der Waals surface area contributed by atoms with E-state index in [0.29, 0.717) is 6.54 Å². The molecule has 7 heteroatoms. The Morgan fingerprint density at radius 3 is 2.85 bits per heavy atom. The van der Waals surface area contributed by atoms with Crippen LogP contribution in [0.1, 0.15) is 19.8 Å². The van der Waals surface area contributed by atoms with E-state index in [-0.39, 0.29) is 15.3 Å². The molecule has 1 atom stereocenters. The number of rotatable bonds is 4. The first kappa shape index (κ1) is 15.7. The van der Waals surface area contributed by atoms with Crippen molar-refractivity contribution in [2.45, 2.75) is 24.7 Å². The van der Waals surface area contributed by atoms with Crippen molar-refractivity contribution < 1.29 is 12.8 Å². The molecule has 0 spiro atoms. The molecule has 112 valence electrons. The van der Waals surface area contributed by atoms with Crippen LogP contribution in [0.4, 0.5) is 4.39 Å². The lowest BCUT2D eigenvalue weighted by atomic mass is 9.83. The zero-order chi connectivity index (χ0) is 14.8. The molecule has 1 heterocycles. The number of nitrogens with one attached hydrogen (secondary N) is 2. The minimum absolute atomic E-state index is 0.0899. The summed E-state index contributed by atoms with van der Waals surface area (Å²) in [5.41, 5.74) is -0.113. The van der Waals surface area contributed by atoms with Crippen molar-refractivity contribution in [3.63, 3.8) is 0 Å². The van der Waals surface area contributed by atoms with Crippen molar-refractivity contribution in [2.75, 3.05) is 19.6 Å². The molecule has 1 aromatic rings. The zero-order valence-electron chi connectivity index (χ0n) is 11.2. The minimum Gasteiger partial charge on any atom is -0.316 e. The van der Waals surface area contributed by atoms with Crippen molar-refractivity contribution >= 4 is 21.6 Å². The summed E-state index contributed by atoms with van der Waals surface area (Å²) >= 11 is 5.80. The Morgan fingerprint density at radius 1 is 1.50 bits per heavy atom. The molecule has 0 amide bonds. The van der Waals surface area contributed by atoms with E-state index in [9.17, 15) is 12.8 Å². The van der Waals surface area contributed by atoms with Gasteiger partial charge < -0.3 is 5.32 Å². The lowest BCUT2D eigenvalue weighted by Gasteiger charge is -2.34. The zero-order valence-corrected chi connectivity index (χ0v) is 12.8. The second-order valence-electron chi connectivity index (χ2n) is 5.49. The highest BCUT2D eigenvalue weighted by atomic mass is 35.5. The van der Waals surface area contributed by atoms with Gasteiger partial charge in [0, 0.05) is 13.1 Å². The Bertz CT molecular complexity index is 586. The van der Waals surface area contributed by atoms with E-state index >= 15 is 0 Å². The third-order valence-electron chi connectivity index (χ3n) is 3.56. The number of benzene rings is 1. The Morgan fingerprint density at radius 2 is 2.25 bits per heavy atom. The highest BCUT2D eigenvalue weighted by Gasteiger charge is 2.29. The molecule has 0 bridgehead atoms. The van der Waals surface area contributed by atoms with Crippen LogP contribution in [0.15, 0.2) is 23.1 Å². The van der Waals surface area contributed by atoms with Gasteiger partial charge in [0.05, 0.1) is 5.02 Å². The third kappa shape index (κ3) is 3.69. The smallest absolute Gasteiger partial charge is 0.242 e. The molecule has 0 saturated carbocycles. The largest absolute Gasteiger partial charge is 0.316 e. The molecule has 1 saturated heterocycles.